The van der Waals surface area contributed by atoms with E-state index in [4.69, 9.17) is 4.74 Å². The minimum absolute atomic E-state index is 0.913. The van der Waals surface area contributed by atoms with Crippen molar-refractivity contribution in [2.75, 3.05) is 13.2 Å². The summed E-state index contributed by atoms with van der Waals surface area (Å²) in [5.41, 5.74) is 0. The van der Waals surface area contributed by atoms with E-state index < -0.39 is 0 Å². The molecule has 0 N–H and O–H groups in total. The molecule has 1 aliphatic heterocycles. The minimum atomic E-state index is 0.913. The highest BCUT2D eigenvalue weighted by Gasteiger charge is 1.91. The third-order valence-electron chi connectivity index (χ3n) is 2.00. The first kappa shape index (κ1) is 8.79. The van der Waals surface area contributed by atoms with Crippen LogP contribution in [0.2, 0.25) is 0 Å². The quantitative estimate of drug-likeness (QED) is 0.487. The molecule has 0 saturated heterocycles. The summed E-state index contributed by atoms with van der Waals surface area (Å²) in [7, 11) is 0. The Kier molecular flexibility index (Phi) is 5.13. The normalized spacial score (nSPS) is 22.5. The van der Waals surface area contributed by atoms with Crippen molar-refractivity contribution in [1.29, 1.82) is 0 Å². The molecule has 1 nitrogen and oxygen atoms in total. The van der Waals surface area contributed by atoms with Gasteiger partial charge in [0.05, 0.1) is 6.61 Å². The van der Waals surface area contributed by atoms with Crippen molar-refractivity contribution in [2.45, 2.75) is 38.5 Å². The molecule has 11 heavy (non-hydrogen) atoms. The second-order valence-electron chi connectivity index (χ2n) is 3.08. The second-order valence-corrected chi connectivity index (χ2v) is 3.08. The maximum absolute atomic E-state index is 5.41. The van der Waals surface area contributed by atoms with Crippen molar-refractivity contribution >= 4 is 0 Å². The van der Waals surface area contributed by atoms with Gasteiger partial charge in [-0.2, -0.15) is 0 Å². The van der Waals surface area contributed by atoms with E-state index >= 15 is 0 Å². The van der Waals surface area contributed by atoms with E-state index in [2.05, 4.69) is 12.2 Å². The van der Waals surface area contributed by atoms with Crippen molar-refractivity contribution in [3.63, 3.8) is 0 Å². The number of rotatable bonds is 0. The van der Waals surface area contributed by atoms with Gasteiger partial charge in [0.1, 0.15) is 0 Å². The number of hydrogen-bond donors (Lipinski definition) is 0. The Morgan fingerprint density at radius 1 is 0.727 bits per heavy atom. The number of allylic oxidation sites excluding steroid dienone is 1. The summed E-state index contributed by atoms with van der Waals surface area (Å²) in [5, 5.41) is 0. The monoisotopic (exact) mass is 154 g/mol. The fourth-order valence-corrected chi connectivity index (χ4v) is 1.31. The molecule has 0 bridgehead atoms. The molecule has 1 heterocycles. The second kappa shape index (κ2) is 6.41. The smallest absolute Gasteiger partial charge is 0.0500 e. The molecule has 0 atom stereocenters. The highest BCUT2D eigenvalue weighted by molar-refractivity contribution is 4.81. The SMILES string of the molecule is C1=CCCOCCCCCC1. The summed E-state index contributed by atoms with van der Waals surface area (Å²) in [4.78, 5) is 0. The van der Waals surface area contributed by atoms with E-state index in [9.17, 15) is 0 Å². The van der Waals surface area contributed by atoms with Crippen molar-refractivity contribution in [2.24, 2.45) is 0 Å². The molecule has 0 unspecified atom stereocenters. The summed E-state index contributed by atoms with van der Waals surface area (Å²) in [5.74, 6) is 0. The van der Waals surface area contributed by atoms with Gasteiger partial charge in [0.25, 0.3) is 0 Å². The van der Waals surface area contributed by atoms with Crippen LogP contribution in [0.3, 0.4) is 0 Å². The van der Waals surface area contributed by atoms with E-state index in [0.29, 0.717) is 0 Å². The summed E-state index contributed by atoms with van der Waals surface area (Å²) < 4.78 is 5.41. The van der Waals surface area contributed by atoms with Gasteiger partial charge in [0.15, 0.2) is 0 Å². The molecule has 64 valence electrons. The Bertz CT molecular complexity index is 95.4. The van der Waals surface area contributed by atoms with E-state index in [1.165, 1.54) is 32.1 Å². The molecule has 0 amide bonds. The molecule has 1 aliphatic rings. The summed E-state index contributed by atoms with van der Waals surface area (Å²) in [6, 6.07) is 0. The van der Waals surface area contributed by atoms with Gasteiger partial charge in [0.2, 0.25) is 0 Å². The highest BCUT2D eigenvalue weighted by atomic mass is 16.5. The Morgan fingerprint density at radius 2 is 1.55 bits per heavy atom. The summed E-state index contributed by atoms with van der Waals surface area (Å²) >= 11 is 0. The molecule has 0 aromatic heterocycles. The van der Waals surface area contributed by atoms with Crippen molar-refractivity contribution in [3.8, 4) is 0 Å². The number of ether oxygens (including phenoxy) is 1. The highest BCUT2D eigenvalue weighted by Crippen LogP contribution is 2.05. The Balaban J connectivity index is 2.11. The molecule has 0 saturated carbocycles. The molecule has 1 heteroatoms. The standard InChI is InChI=1S/C10H18O/c1-2-4-6-8-10-11-9-7-5-3-1/h3,5H,1-2,4,6-10H2. The maximum atomic E-state index is 5.41. The van der Waals surface area contributed by atoms with Crippen LogP contribution in [0.5, 0.6) is 0 Å². The Morgan fingerprint density at radius 3 is 2.55 bits per heavy atom. The molecule has 0 radical (unpaired) electrons. The van der Waals surface area contributed by atoms with Gasteiger partial charge in [-0.15, -0.1) is 0 Å². The first-order valence-corrected chi connectivity index (χ1v) is 4.73. The molecular formula is C10H18O. The topological polar surface area (TPSA) is 9.23 Å². The number of hydrogen-bond acceptors (Lipinski definition) is 1. The zero-order chi connectivity index (χ0) is 7.78. The Hall–Kier alpha value is -0.300. The fourth-order valence-electron chi connectivity index (χ4n) is 1.31. The molecular weight excluding hydrogens is 136 g/mol. The lowest BCUT2D eigenvalue weighted by Gasteiger charge is -2.00. The average Bonchev–Trinajstić information content (AvgIpc) is 2.08. The van der Waals surface area contributed by atoms with Crippen LogP contribution in [-0.2, 0) is 4.74 Å². The van der Waals surface area contributed by atoms with Crippen molar-refractivity contribution in [1.82, 2.24) is 0 Å². The van der Waals surface area contributed by atoms with Crippen LogP contribution >= 0.6 is 0 Å². The van der Waals surface area contributed by atoms with Gasteiger partial charge in [0, 0.05) is 6.61 Å². The minimum Gasteiger partial charge on any atom is -0.381 e. The predicted octanol–water partition coefficient (Wildman–Crippen LogP) is 2.91. The molecule has 0 spiro atoms. The van der Waals surface area contributed by atoms with Crippen LogP contribution in [0.15, 0.2) is 12.2 Å². The predicted molar refractivity (Wildman–Crippen MR) is 47.7 cm³/mol. The van der Waals surface area contributed by atoms with Crippen LogP contribution in [0.1, 0.15) is 38.5 Å². The zero-order valence-electron chi connectivity index (χ0n) is 7.22. The van der Waals surface area contributed by atoms with Gasteiger partial charge in [-0.3, -0.25) is 0 Å². The van der Waals surface area contributed by atoms with Gasteiger partial charge in [-0.05, 0) is 25.7 Å². The summed E-state index contributed by atoms with van der Waals surface area (Å²) in [6.45, 7) is 1.88. The lowest BCUT2D eigenvalue weighted by molar-refractivity contribution is 0.134. The van der Waals surface area contributed by atoms with Crippen LogP contribution in [0.25, 0.3) is 0 Å². The van der Waals surface area contributed by atoms with Gasteiger partial charge in [-0.1, -0.05) is 25.0 Å². The Labute approximate surface area is 69.4 Å². The maximum Gasteiger partial charge on any atom is 0.0500 e. The van der Waals surface area contributed by atoms with E-state index in [0.717, 1.165) is 19.6 Å². The molecule has 0 aromatic rings. The first-order valence-electron chi connectivity index (χ1n) is 4.73. The zero-order valence-corrected chi connectivity index (χ0v) is 7.22. The van der Waals surface area contributed by atoms with Gasteiger partial charge < -0.3 is 4.74 Å². The molecule has 1 rings (SSSR count). The van der Waals surface area contributed by atoms with Gasteiger partial charge in [-0.25, -0.2) is 0 Å². The molecule has 0 aliphatic carbocycles. The molecule has 0 fully saturated rings. The van der Waals surface area contributed by atoms with E-state index in [1.54, 1.807) is 0 Å². The van der Waals surface area contributed by atoms with Crippen LogP contribution in [-0.4, -0.2) is 13.2 Å². The van der Waals surface area contributed by atoms with E-state index in [-0.39, 0.29) is 0 Å². The third kappa shape index (κ3) is 5.02. The third-order valence-corrected chi connectivity index (χ3v) is 2.00. The summed E-state index contributed by atoms with van der Waals surface area (Å²) in [6.07, 6.45) is 12.2. The largest absolute Gasteiger partial charge is 0.381 e. The molecule has 0 aromatic carbocycles. The van der Waals surface area contributed by atoms with Crippen LogP contribution in [0, 0.1) is 0 Å². The van der Waals surface area contributed by atoms with E-state index in [1.807, 2.05) is 0 Å². The van der Waals surface area contributed by atoms with Crippen molar-refractivity contribution < 1.29 is 4.74 Å². The van der Waals surface area contributed by atoms with Crippen LogP contribution in [0.4, 0.5) is 0 Å². The fraction of sp³-hybridized carbons (Fsp3) is 0.800. The first-order chi connectivity index (χ1) is 5.50. The van der Waals surface area contributed by atoms with Gasteiger partial charge >= 0.3 is 0 Å². The average molecular weight is 154 g/mol. The van der Waals surface area contributed by atoms with Crippen LogP contribution < -0.4 is 0 Å². The lowest BCUT2D eigenvalue weighted by Crippen LogP contribution is -1.95. The lowest BCUT2D eigenvalue weighted by atomic mass is 10.1. The van der Waals surface area contributed by atoms with Crippen molar-refractivity contribution in [3.05, 3.63) is 12.2 Å².